The number of rotatable bonds is 5. The van der Waals surface area contributed by atoms with Crippen LogP contribution in [0.1, 0.15) is 11.1 Å². The molecule has 0 aliphatic carbocycles. The highest BCUT2D eigenvalue weighted by molar-refractivity contribution is 6.26. The second-order valence-corrected chi connectivity index (χ2v) is 15.6. The first kappa shape index (κ1) is 34.4. The third-order valence-corrected chi connectivity index (χ3v) is 12.3. The van der Waals surface area contributed by atoms with Gasteiger partial charge in [0.2, 0.25) is 0 Å². The summed E-state index contributed by atoms with van der Waals surface area (Å²) in [6, 6.07) is 75.2. The molecule has 0 aliphatic rings. The topological polar surface area (TPSA) is 60.7 Å². The largest absolute Gasteiger partial charge is 0.310 e. The second-order valence-electron chi connectivity index (χ2n) is 15.6. The lowest BCUT2D eigenvalue weighted by Crippen LogP contribution is -2.09. The van der Waals surface area contributed by atoms with Crippen LogP contribution >= 0.6 is 0 Å². The Balaban J connectivity index is 1.10. The fourth-order valence-corrected chi connectivity index (χ4v) is 9.67. The lowest BCUT2D eigenvalue weighted by atomic mass is 9.91. The van der Waals surface area contributed by atoms with Crippen molar-refractivity contribution >= 4 is 93.0 Å². The standard InChI is InChI=1S/C56H33N5/c57-34-36-29-48-49(30-37(36)35-58)51-32-42(24-27-44(51)43-26-23-41(31-50(43)48)60-53-20-10-7-17-45(53)46-18-8-11-21-54(46)60)61-55-22-12-9-19-47(55)52-33-40(25-28-56(52)61)59(38-13-3-1-4-14-38)39-15-5-2-6-16-39/h1-33H. The lowest BCUT2D eigenvalue weighted by Gasteiger charge is -2.25. The van der Waals surface area contributed by atoms with Crippen LogP contribution < -0.4 is 4.90 Å². The van der Waals surface area contributed by atoms with Gasteiger partial charge in [0, 0.05) is 50.0 Å². The maximum absolute atomic E-state index is 10.3. The number of hydrogen-bond donors (Lipinski definition) is 0. The molecule has 5 heteroatoms. The first-order valence-electron chi connectivity index (χ1n) is 20.4. The molecule has 0 saturated carbocycles. The summed E-state index contributed by atoms with van der Waals surface area (Å²) < 4.78 is 4.67. The number of anilines is 3. The summed E-state index contributed by atoms with van der Waals surface area (Å²) in [5, 5.41) is 31.4. The van der Waals surface area contributed by atoms with E-state index in [1.807, 2.05) is 24.3 Å². The van der Waals surface area contributed by atoms with Crippen LogP contribution in [-0.4, -0.2) is 9.13 Å². The molecule has 0 radical (unpaired) electrons. The highest BCUT2D eigenvalue weighted by Gasteiger charge is 2.20. The van der Waals surface area contributed by atoms with E-state index in [1.54, 1.807) is 0 Å². The zero-order valence-corrected chi connectivity index (χ0v) is 32.8. The Morgan fingerprint density at radius 3 is 1.15 bits per heavy atom. The van der Waals surface area contributed by atoms with E-state index < -0.39 is 0 Å². The molecular weight excluding hydrogens is 743 g/mol. The Morgan fingerprint density at radius 1 is 0.295 bits per heavy atom. The van der Waals surface area contributed by atoms with Gasteiger partial charge in [0.1, 0.15) is 12.1 Å². The molecule has 0 bridgehead atoms. The van der Waals surface area contributed by atoms with E-state index in [-0.39, 0.29) is 0 Å². The molecule has 2 heterocycles. The van der Waals surface area contributed by atoms with Gasteiger partial charge in [-0.15, -0.1) is 0 Å². The molecule has 0 spiro atoms. The van der Waals surface area contributed by atoms with Crippen LogP contribution in [0.3, 0.4) is 0 Å². The number of fused-ring (bicyclic) bond motifs is 12. The van der Waals surface area contributed by atoms with Crippen LogP contribution in [0.5, 0.6) is 0 Å². The number of para-hydroxylation sites is 5. The summed E-state index contributed by atoms with van der Waals surface area (Å²) in [6.07, 6.45) is 0. The molecule has 0 N–H and O–H groups in total. The molecule has 10 aromatic carbocycles. The molecular formula is C56H33N5. The van der Waals surface area contributed by atoms with Gasteiger partial charge in [-0.1, -0.05) is 103 Å². The average Bonchev–Trinajstić information content (AvgIpc) is 3.84. The van der Waals surface area contributed by atoms with Gasteiger partial charge in [0.05, 0.1) is 33.2 Å². The second kappa shape index (κ2) is 13.5. The Labute approximate surface area is 351 Å². The van der Waals surface area contributed by atoms with E-state index in [0.29, 0.717) is 11.1 Å². The van der Waals surface area contributed by atoms with Crippen LogP contribution in [0.2, 0.25) is 0 Å². The van der Waals surface area contributed by atoms with Crippen molar-refractivity contribution in [2.24, 2.45) is 0 Å². The first-order chi connectivity index (χ1) is 30.2. The molecule has 0 amide bonds. The van der Waals surface area contributed by atoms with Gasteiger partial charge in [0.15, 0.2) is 0 Å². The summed E-state index contributed by atoms with van der Waals surface area (Å²) in [7, 11) is 0. The maximum Gasteiger partial charge on any atom is 0.101 e. The Morgan fingerprint density at radius 2 is 0.689 bits per heavy atom. The van der Waals surface area contributed by atoms with Gasteiger partial charge in [-0.3, -0.25) is 0 Å². The molecule has 12 rings (SSSR count). The first-order valence-corrected chi connectivity index (χ1v) is 20.4. The predicted octanol–water partition coefficient (Wildman–Crippen LogP) is 14.6. The number of nitriles is 2. The highest BCUT2D eigenvalue weighted by atomic mass is 15.1. The molecule has 0 aliphatic heterocycles. The van der Waals surface area contributed by atoms with Crippen molar-refractivity contribution in [3.8, 4) is 23.5 Å². The van der Waals surface area contributed by atoms with Gasteiger partial charge in [0.25, 0.3) is 0 Å². The van der Waals surface area contributed by atoms with E-state index in [0.717, 1.165) is 93.6 Å². The third kappa shape index (κ3) is 5.18. The minimum atomic E-state index is 0.366. The smallest absolute Gasteiger partial charge is 0.101 e. The van der Waals surface area contributed by atoms with Crippen molar-refractivity contribution in [1.82, 2.24) is 9.13 Å². The lowest BCUT2D eigenvalue weighted by molar-refractivity contribution is 1.18. The number of hydrogen-bond acceptors (Lipinski definition) is 3. The number of nitrogens with zero attached hydrogens (tertiary/aromatic N) is 5. The molecule has 282 valence electrons. The average molecular weight is 776 g/mol. The van der Waals surface area contributed by atoms with Gasteiger partial charge < -0.3 is 14.0 Å². The van der Waals surface area contributed by atoms with Gasteiger partial charge in [-0.2, -0.15) is 10.5 Å². The van der Waals surface area contributed by atoms with Crippen LogP contribution in [0.4, 0.5) is 17.1 Å². The summed E-state index contributed by atoms with van der Waals surface area (Å²) in [4.78, 5) is 2.30. The molecule has 0 saturated heterocycles. The highest BCUT2D eigenvalue weighted by Crippen LogP contribution is 2.43. The van der Waals surface area contributed by atoms with Gasteiger partial charge in [-0.25, -0.2) is 0 Å². The maximum atomic E-state index is 10.3. The molecule has 2 aromatic heterocycles. The minimum Gasteiger partial charge on any atom is -0.310 e. The van der Waals surface area contributed by atoms with Gasteiger partial charge >= 0.3 is 0 Å². The predicted molar refractivity (Wildman–Crippen MR) is 252 cm³/mol. The Hall–Kier alpha value is -8.64. The van der Waals surface area contributed by atoms with Gasteiger partial charge in [-0.05, 0) is 129 Å². The zero-order valence-electron chi connectivity index (χ0n) is 32.8. The van der Waals surface area contributed by atoms with Crippen LogP contribution in [0, 0.1) is 22.7 Å². The normalized spacial score (nSPS) is 11.6. The summed E-state index contributed by atoms with van der Waals surface area (Å²) >= 11 is 0. The number of benzene rings is 10. The fraction of sp³-hybridized carbons (Fsp3) is 0. The number of aromatic nitrogens is 2. The van der Waals surface area contributed by atoms with E-state index in [4.69, 9.17) is 0 Å². The molecule has 5 nitrogen and oxygen atoms in total. The quantitative estimate of drug-likeness (QED) is 0.164. The minimum absolute atomic E-state index is 0.366. The van der Waals surface area contributed by atoms with E-state index in [9.17, 15) is 10.5 Å². The van der Waals surface area contributed by atoms with Crippen LogP contribution in [-0.2, 0) is 0 Å². The third-order valence-electron chi connectivity index (χ3n) is 12.3. The van der Waals surface area contributed by atoms with Crippen LogP contribution in [0.15, 0.2) is 200 Å². The Kier molecular flexibility index (Phi) is 7.59. The molecule has 0 atom stereocenters. The van der Waals surface area contributed by atoms with E-state index in [2.05, 4.69) is 202 Å². The molecule has 61 heavy (non-hydrogen) atoms. The SMILES string of the molecule is N#Cc1cc2c3cc(-n4c5ccccc5c5ccccc54)ccc3c3ccc(-n4c5ccccc5c5cc(N(c6ccccc6)c6ccccc6)ccc54)cc3c2cc1C#N. The van der Waals surface area contributed by atoms with Crippen molar-refractivity contribution in [2.75, 3.05) is 4.90 Å². The fourth-order valence-electron chi connectivity index (χ4n) is 9.67. The van der Waals surface area contributed by atoms with E-state index in [1.165, 1.54) is 10.8 Å². The van der Waals surface area contributed by atoms with Crippen LogP contribution in [0.25, 0.3) is 87.3 Å². The molecule has 0 unspecified atom stereocenters. The van der Waals surface area contributed by atoms with E-state index >= 15 is 0 Å². The van der Waals surface area contributed by atoms with Crippen molar-refractivity contribution in [3.05, 3.63) is 211 Å². The zero-order chi connectivity index (χ0) is 40.6. The summed E-state index contributed by atoms with van der Waals surface area (Å²) in [5.41, 5.74) is 10.5. The Bertz CT molecular complexity index is 3750. The summed E-state index contributed by atoms with van der Waals surface area (Å²) in [6.45, 7) is 0. The molecule has 12 aromatic rings. The summed E-state index contributed by atoms with van der Waals surface area (Å²) in [5.74, 6) is 0. The van der Waals surface area contributed by atoms with Crippen molar-refractivity contribution in [1.29, 1.82) is 10.5 Å². The molecule has 0 fully saturated rings. The van der Waals surface area contributed by atoms with Crippen molar-refractivity contribution in [3.63, 3.8) is 0 Å². The van der Waals surface area contributed by atoms with Crippen molar-refractivity contribution < 1.29 is 0 Å². The van der Waals surface area contributed by atoms with Crippen molar-refractivity contribution in [2.45, 2.75) is 0 Å². The monoisotopic (exact) mass is 775 g/mol.